The lowest BCUT2D eigenvalue weighted by molar-refractivity contribution is -0.138. The van der Waals surface area contributed by atoms with E-state index >= 15 is 0 Å². The summed E-state index contributed by atoms with van der Waals surface area (Å²) in [5.41, 5.74) is 0.0796. The number of carbonyl (C=O) groups is 1. The van der Waals surface area contributed by atoms with E-state index in [1.165, 1.54) is 24.1 Å². The summed E-state index contributed by atoms with van der Waals surface area (Å²) in [5.74, 6) is -1.09. The van der Waals surface area contributed by atoms with Gasteiger partial charge in [-0.2, -0.15) is 13.2 Å². The van der Waals surface area contributed by atoms with Crippen molar-refractivity contribution in [3.8, 4) is 11.4 Å². The largest absolute Gasteiger partial charge is 0.495 e. The first kappa shape index (κ1) is 21.9. The van der Waals surface area contributed by atoms with Crippen molar-refractivity contribution in [2.75, 3.05) is 12.4 Å². The molecule has 3 rings (SSSR count). The third-order valence-corrected chi connectivity index (χ3v) is 4.46. The van der Waals surface area contributed by atoms with Gasteiger partial charge in [0, 0.05) is 24.5 Å². The lowest BCUT2D eigenvalue weighted by Gasteiger charge is -2.14. The molecule has 0 aliphatic rings. The van der Waals surface area contributed by atoms with Crippen LogP contribution < -0.4 is 15.6 Å². The summed E-state index contributed by atoms with van der Waals surface area (Å²) < 4.78 is 45.1. The minimum absolute atomic E-state index is 0.00240. The van der Waals surface area contributed by atoms with Crippen molar-refractivity contribution >= 4 is 17.5 Å². The van der Waals surface area contributed by atoms with Gasteiger partial charge < -0.3 is 15.2 Å². The van der Waals surface area contributed by atoms with E-state index in [0.29, 0.717) is 12.1 Å². The number of nitrogens with one attached hydrogen (secondary N) is 1. The third-order valence-electron chi connectivity index (χ3n) is 4.46. The van der Waals surface area contributed by atoms with E-state index < -0.39 is 23.3 Å². The highest BCUT2D eigenvalue weighted by atomic mass is 19.4. The van der Waals surface area contributed by atoms with E-state index in [1.807, 2.05) is 0 Å². The minimum atomic E-state index is -4.53. The Morgan fingerprint density at radius 2 is 1.90 bits per heavy atom. The number of aromatic nitrogens is 2. The Morgan fingerprint density at radius 3 is 2.52 bits per heavy atom. The maximum absolute atomic E-state index is 12.9. The highest BCUT2D eigenvalue weighted by Gasteiger charge is 2.31. The van der Waals surface area contributed by atoms with Gasteiger partial charge in [0.05, 0.1) is 18.4 Å². The fraction of sp³-hybridized carbons (Fsp3) is 0.190. The van der Waals surface area contributed by atoms with Crippen LogP contribution in [0.2, 0.25) is 0 Å². The number of hydrogen-bond acceptors (Lipinski definition) is 5. The highest BCUT2D eigenvalue weighted by molar-refractivity contribution is 5.67. The topological polar surface area (TPSA) is 93.4 Å². The second-order valence-corrected chi connectivity index (χ2v) is 6.55. The molecule has 0 aliphatic heterocycles. The van der Waals surface area contributed by atoms with E-state index in [4.69, 9.17) is 9.84 Å². The smallest absolute Gasteiger partial charge is 0.416 e. The average Bonchev–Trinajstić information content (AvgIpc) is 2.73. The second-order valence-electron chi connectivity index (χ2n) is 6.55. The zero-order chi connectivity index (χ0) is 22.6. The number of methoxy groups -OCH3 is 1. The van der Waals surface area contributed by atoms with Gasteiger partial charge in [0.2, 0.25) is 0 Å². The van der Waals surface area contributed by atoms with Gasteiger partial charge in [0.1, 0.15) is 5.75 Å². The molecular weight excluding hydrogens is 415 g/mol. The summed E-state index contributed by atoms with van der Waals surface area (Å²) in [6, 6.07) is 9.65. The molecule has 2 aromatic carbocycles. The molecule has 0 bridgehead atoms. The molecule has 0 fully saturated rings. The summed E-state index contributed by atoms with van der Waals surface area (Å²) in [4.78, 5) is 27.5. The molecule has 162 valence electrons. The van der Waals surface area contributed by atoms with E-state index in [0.717, 1.165) is 23.8 Å². The van der Waals surface area contributed by atoms with Crippen LogP contribution in [0.4, 0.5) is 24.7 Å². The Bertz CT molecular complexity index is 1140. The van der Waals surface area contributed by atoms with Crippen molar-refractivity contribution in [3.63, 3.8) is 0 Å². The molecule has 0 amide bonds. The van der Waals surface area contributed by atoms with Crippen molar-refractivity contribution in [1.29, 1.82) is 0 Å². The van der Waals surface area contributed by atoms with Crippen molar-refractivity contribution in [2.45, 2.75) is 19.0 Å². The molecule has 0 saturated carbocycles. The fourth-order valence-corrected chi connectivity index (χ4v) is 2.87. The average molecular weight is 433 g/mol. The number of halogens is 3. The first-order valence-corrected chi connectivity index (χ1v) is 9.10. The van der Waals surface area contributed by atoms with Crippen LogP contribution in [0.15, 0.2) is 59.7 Å². The van der Waals surface area contributed by atoms with Crippen molar-refractivity contribution < 1.29 is 27.8 Å². The molecular formula is C21H18F3N3O4. The molecule has 0 aliphatic carbocycles. The molecule has 2 N–H and O–H groups in total. The second kappa shape index (κ2) is 8.90. The number of carboxylic acids is 1. The number of nitrogens with zero attached hydrogens (tertiary/aromatic N) is 2. The van der Waals surface area contributed by atoms with Gasteiger partial charge in [-0.25, -0.2) is 4.98 Å². The van der Waals surface area contributed by atoms with Crippen LogP contribution in [0, 0.1) is 0 Å². The molecule has 1 aromatic heterocycles. The number of hydrogen-bond donors (Lipinski definition) is 2. The predicted octanol–water partition coefficient (Wildman–Crippen LogP) is 4.02. The molecule has 0 saturated heterocycles. The molecule has 1 heterocycles. The van der Waals surface area contributed by atoms with Crippen molar-refractivity contribution in [1.82, 2.24) is 9.55 Å². The van der Waals surface area contributed by atoms with Crippen LogP contribution in [-0.2, 0) is 17.4 Å². The maximum Gasteiger partial charge on any atom is 0.416 e. The monoisotopic (exact) mass is 433 g/mol. The molecule has 31 heavy (non-hydrogen) atoms. The Hall–Kier alpha value is -3.82. The lowest BCUT2D eigenvalue weighted by atomic mass is 10.1. The van der Waals surface area contributed by atoms with Crippen LogP contribution in [0.5, 0.6) is 5.75 Å². The molecule has 0 unspecified atom stereocenters. The standard InChI is InChI=1S/C21H18F3N3O4/c1-31-17-12-14(21(22,23)24)5-8-16(17)26-19-20(30)27(11-10-25-19)15-6-2-13(3-7-15)4-9-18(28)29/h2-3,5-8,10-12H,4,9H2,1H3,(H,25,26)(H,28,29). The van der Waals surface area contributed by atoms with Gasteiger partial charge in [-0.05, 0) is 42.3 Å². The molecule has 0 spiro atoms. The fourth-order valence-electron chi connectivity index (χ4n) is 2.87. The Labute approximate surface area is 174 Å². The Kier molecular flexibility index (Phi) is 6.28. The zero-order valence-electron chi connectivity index (χ0n) is 16.3. The number of aryl methyl sites for hydroxylation is 1. The summed E-state index contributed by atoms with van der Waals surface area (Å²) in [5, 5.41) is 11.5. The predicted molar refractivity (Wildman–Crippen MR) is 107 cm³/mol. The summed E-state index contributed by atoms with van der Waals surface area (Å²) >= 11 is 0. The number of anilines is 2. The van der Waals surface area contributed by atoms with Crippen LogP contribution >= 0.6 is 0 Å². The first-order valence-electron chi connectivity index (χ1n) is 9.10. The Morgan fingerprint density at radius 1 is 1.19 bits per heavy atom. The number of carboxylic acid groups (broad SMARTS) is 1. The minimum Gasteiger partial charge on any atom is -0.495 e. The molecule has 0 atom stereocenters. The molecule has 7 nitrogen and oxygen atoms in total. The number of alkyl halides is 3. The van der Waals surface area contributed by atoms with Crippen LogP contribution in [0.25, 0.3) is 5.69 Å². The zero-order valence-corrected chi connectivity index (χ0v) is 16.3. The van der Waals surface area contributed by atoms with E-state index in [9.17, 15) is 22.8 Å². The van der Waals surface area contributed by atoms with E-state index in [1.54, 1.807) is 24.3 Å². The van der Waals surface area contributed by atoms with Crippen LogP contribution in [-0.4, -0.2) is 27.7 Å². The van der Waals surface area contributed by atoms with Gasteiger partial charge >= 0.3 is 12.1 Å². The van der Waals surface area contributed by atoms with Crippen molar-refractivity contribution in [3.05, 3.63) is 76.3 Å². The molecule has 3 aromatic rings. The summed E-state index contributed by atoms with van der Waals surface area (Å²) in [7, 11) is 1.23. The van der Waals surface area contributed by atoms with Gasteiger partial charge in [-0.1, -0.05) is 12.1 Å². The Balaban J connectivity index is 1.88. The van der Waals surface area contributed by atoms with Crippen molar-refractivity contribution in [2.24, 2.45) is 0 Å². The van der Waals surface area contributed by atoms with Gasteiger partial charge in [-0.3, -0.25) is 14.2 Å². The van der Waals surface area contributed by atoms with Crippen LogP contribution in [0.3, 0.4) is 0 Å². The van der Waals surface area contributed by atoms with Gasteiger partial charge in [0.25, 0.3) is 5.56 Å². The number of aliphatic carboxylic acids is 1. The summed E-state index contributed by atoms with van der Waals surface area (Å²) in [6.45, 7) is 0. The number of benzene rings is 2. The number of rotatable bonds is 7. The van der Waals surface area contributed by atoms with Gasteiger partial charge in [-0.15, -0.1) is 0 Å². The normalized spacial score (nSPS) is 11.2. The SMILES string of the molecule is COc1cc(C(F)(F)F)ccc1Nc1nccn(-c2ccc(CCC(=O)O)cc2)c1=O. The quantitative estimate of drug-likeness (QED) is 0.585. The third kappa shape index (κ3) is 5.21. The first-order chi connectivity index (χ1) is 14.7. The summed E-state index contributed by atoms with van der Waals surface area (Å²) in [6.07, 6.45) is -1.35. The molecule has 0 radical (unpaired) electrons. The highest BCUT2D eigenvalue weighted by Crippen LogP contribution is 2.35. The van der Waals surface area contributed by atoms with Gasteiger partial charge in [0.15, 0.2) is 5.82 Å². The molecule has 10 heteroatoms. The van der Waals surface area contributed by atoms with E-state index in [2.05, 4.69) is 10.3 Å². The number of ether oxygens (including phenoxy) is 1. The van der Waals surface area contributed by atoms with Crippen LogP contribution in [0.1, 0.15) is 17.5 Å². The maximum atomic E-state index is 12.9. The lowest BCUT2D eigenvalue weighted by Crippen LogP contribution is -2.22. The van der Waals surface area contributed by atoms with E-state index in [-0.39, 0.29) is 23.7 Å².